The Balaban J connectivity index is 1.66. The Morgan fingerprint density at radius 3 is 2.58 bits per heavy atom. The molecule has 0 aromatic rings. The van der Waals surface area contributed by atoms with Gasteiger partial charge >= 0.3 is 5.97 Å². The van der Waals surface area contributed by atoms with Gasteiger partial charge in [-0.25, -0.2) is 0 Å². The van der Waals surface area contributed by atoms with Gasteiger partial charge in [-0.3, -0.25) is 9.59 Å². The lowest BCUT2D eigenvalue weighted by atomic mass is 9.99. The summed E-state index contributed by atoms with van der Waals surface area (Å²) in [6.07, 6.45) is 3.66. The van der Waals surface area contributed by atoms with Crippen LogP contribution in [0, 0.1) is 11.8 Å². The molecule has 2 saturated heterocycles. The molecule has 19 heavy (non-hydrogen) atoms. The number of rotatable bonds is 5. The number of amides is 1. The van der Waals surface area contributed by atoms with Gasteiger partial charge in [0.15, 0.2) is 0 Å². The molecule has 1 unspecified atom stereocenters. The summed E-state index contributed by atoms with van der Waals surface area (Å²) in [5.74, 6) is -0.503. The summed E-state index contributed by atoms with van der Waals surface area (Å²) in [6.45, 7) is 6.74. The van der Waals surface area contributed by atoms with Crippen molar-refractivity contribution >= 4 is 11.9 Å². The molecule has 1 atom stereocenters. The van der Waals surface area contributed by atoms with Gasteiger partial charge in [0.1, 0.15) is 0 Å². The van der Waals surface area contributed by atoms with E-state index >= 15 is 0 Å². The van der Waals surface area contributed by atoms with E-state index < -0.39 is 11.9 Å². The van der Waals surface area contributed by atoms with Crippen LogP contribution in [0.1, 0.15) is 32.6 Å². The molecular weight excluding hydrogens is 244 g/mol. The van der Waals surface area contributed by atoms with E-state index in [1.165, 1.54) is 12.8 Å². The molecule has 1 N–H and O–H groups in total. The van der Waals surface area contributed by atoms with Crippen LogP contribution in [0.25, 0.3) is 0 Å². The molecule has 0 radical (unpaired) electrons. The third kappa shape index (κ3) is 3.93. The fourth-order valence-corrected chi connectivity index (χ4v) is 2.92. The Kier molecular flexibility index (Phi) is 4.80. The number of carbonyl (C=O) groups excluding carboxylic acids is 1. The van der Waals surface area contributed by atoms with E-state index in [-0.39, 0.29) is 12.3 Å². The number of carboxylic acids is 1. The van der Waals surface area contributed by atoms with Crippen molar-refractivity contribution in [2.24, 2.45) is 11.8 Å². The Hall–Kier alpha value is -1.10. The van der Waals surface area contributed by atoms with Gasteiger partial charge in [0.25, 0.3) is 0 Å². The molecule has 2 rings (SSSR count). The van der Waals surface area contributed by atoms with Crippen LogP contribution in [-0.2, 0) is 9.59 Å². The SMILES string of the molecule is CC1CCN(CCCN2CC(C(=O)O)CC2=O)CC1. The summed E-state index contributed by atoms with van der Waals surface area (Å²) in [5, 5.41) is 8.92. The van der Waals surface area contributed by atoms with Crippen LogP contribution < -0.4 is 0 Å². The molecule has 5 heteroatoms. The molecule has 2 aliphatic heterocycles. The van der Waals surface area contributed by atoms with Crippen LogP contribution in [-0.4, -0.2) is 59.5 Å². The minimum absolute atomic E-state index is 0.000309. The number of carbonyl (C=O) groups is 2. The third-order valence-electron chi connectivity index (χ3n) is 4.34. The molecule has 2 aliphatic rings. The summed E-state index contributed by atoms with van der Waals surface area (Å²) in [7, 11) is 0. The van der Waals surface area contributed by atoms with E-state index in [9.17, 15) is 9.59 Å². The van der Waals surface area contributed by atoms with Crippen molar-refractivity contribution in [3.05, 3.63) is 0 Å². The van der Waals surface area contributed by atoms with Crippen molar-refractivity contribution < 1.29 is 14.7 Å². The van der Waals surface area contributed by atoms with E-state index in [0.29, 0.717) is 13.1 Å². The first kappa shape index (κ1) is 14.3. The van der Waals surface area contributed by atoms with E-state index in [1.54, 1.807) is 4.90 Å². The topological polar surface area (TPSA) is 60.9 Å². The second kappa shape index (κ2) is 6.37. The molecule has 0 aromatic carbocycles. The van der Waals surface area contributed by atoms with Crippen molar-refractivity contribution in [3.63, 3.8) is 0 Å². The fourth-order valence-electron chi connectivity index (χ4n) is 2.92. The van der Waals surface area contributed by atoms with Gasteiger partial charge in [0, 0.05) is 19.5 Å². The summed E-state index contributed by atoms with van der Waals surface area (Å²) >= 11 is 0. The molecule has 1 amide bonds. The maximum absolute atomic E-state index is 11.7. The van der Waals surface area contributed by atoms with Gasteiger partial charge in [-0.05, 0) is 44.8 Å². The molecule has 0 aromatic heterocycles. The zero-order valence-electron chi connectivity index (χ0n) is 11.7. The highest BCUT2D eigenvalue weighted by atomic mass is 16.4. The van der Waals surface area contributed by atoms with Gasteiger partial charge in [0.05, 0.1) is 5.92 Å². The molecular formula is C14H24N2O3. The molecule has 0 bridgehead atoms. The number of hydrogen-bond donors (Lipinski definition) is 1. The Labute approximate surface area is 114 Å². The summed E-state index contributed by atoms with van der Waals surface area (Å²) in [6, 6.07) is 0. The van der Waals surface area contributed by atoms with E-state index in [0.717, 1.165) is 32.0 Å². The van der Waals surface area contributed by atoms with Crippen LogP contribution in [0.15, 0.2) is 0 Å². The second-order valence-electron chi connectivity index (χ2n) is 5.96. The van der Waals surface area contributed by atoms with Crippen LogP contribution in [0.3, 0.4) is 0 Å². The number of nitrogens with zero attached hydrogens (tertiary/aromatic N) is 2. The molecule has 108 valence electrons. The second-order valence-corrected chi connectivity index (χ2v) is 5.96. The van der Waals surface area contributed by atoms with Gasteiger partial charge in [-0.1, -0.05) is 6.92 Å². The largest absolute Gasteiger partial charge is 0.481 e. The van der Waals surface area contributed by atoms with Gasteiger partial charge < -0.3 is 14.9 Å². The van der Waals surface area contributed by atoms with E-state index in [4.69, 9.17) is 5.11 Å². The summed E-state index contributed by atoms with van der Waals surface area (Å²) < 4.78 is 0. The lowest BCUT2D eigenvalue weighted by Crippen LogP contribution is -2.36. The first-order valence-electron chi connectivity index (χ1n) is 7.29. The summed E-state index contributed by atoms with van der Waals surface area (Å²) in [4.78, 5) is 26.7. The zero-order valence-corrected chi connectivity index (χ0v) is 11.7. The van der Waals surface area contributed by atoms with E-state index in [2.05, 4.69) is 11.8 Å². The Morgan fingerprint density at radius 2 is 2.00 bits per heavy atom. The highest BCUT2D eigenvalue weighted by Gasteiger charge is 2.33. The number of likely N-dealkylation sites (tertiary alicyclic amines) is 2. The first-order chi connectivity index (χ1) is 9.06. The number of hydrogen-bond acceptors (Lipinski definition) is 3. The fraction of sp³-hybridized carbons (Fsp3) is 0.857. The smallest absolute Gasteiger partial charge is 0.308 e. The third-order valence-corrected chi connectivity index (χ3v) is 4.34. The van der Waals surface area contributed by atoms with Crippen molar-refractivity contribution in [2.75, 3.05) is 32.7 Å². The molecule has 0 spiro atoms. The predicted molar refractivity (Wildman–Crippen MR) is 71.8 cm³/mol. The Morgan fingerprint density at radius 1 is 1.32 bits per heavy atom. The van der Waals surface area contributed by atoms with Crippen LogP contribution >= 0.6 is 0 Å². The molecule has 2 heterocycles. The minimum Gasteiger partial charge on any atom is -0.481 e. The maximum atomic E-state index is 11.7. The first-order valence-corrected chi connectivity index (χ1v) is 7.29. The Bertz CT molecular complexity index is 338. The number of aliphatic carboxylic acids is 1. The highest BCUT2D eigenvalue weighted by molar-refractivity contribution is 5.86. The van der Waals surface area contributed by atoms with Crippen molar-refractivity contribution in [1.29, 1.82) is 0 Å². The van der Waals surface area contributed by atoms with Gasteiger partial charge in [-0.2, -0.15) is 0 Å². The standard InChI is InChI=1S/C14H24N2O3/c1-11-3-7-15(8-4-11)5-2-6-16-10-12(14(18)19)9-13(16)17/h11-12H,2-10H2,1H3,(H,18,19). The van der Waals surface area contributed by atoms with E-state index in [1.807, 2.05) is 0 Å². The van der Waals surface area contributed by atoms with Gasteiger partial charge in [0.2, 0.25) is 5.91 Å². The molecule has 2 fully saturated rings. The van der Waals surface area contributed by atoms with Gasteiger partial charge in [-0.15, -0.1) is 0 Å². The van der Waals surface area contributed by atoms with Crippen LogP contribution in [0.4, 0.5) is 0 Å². The summed E-state index contributed by atoms with van der Waals surface area (Å²) in [5.41, 5.74) is 0. The lowest BCUT2D eigenvalue weighted by Gasteiger charge is -2.30. The molecule has 5 nitrogen and oxygen atoms in total. The van der Waals surface area contributed by atoms with Crippen molar-refractivity contribution in [2.45, 2.75) is 32.6 Å². The molecule has 0 aliphatic carbocycles. The zero-order chi connectivity index (χ0) is 13.8. The maximum Gasteiger partial charge on any atom is 0.308 e. The van der Waals surface area contributed by atoms with Crippen LogP contribution in [0.2, 0.25) is 0 Å². The van der Waals surface area contributed by atoms with Crippen molar-refractivity contribution in [3.8, 4) is 0 Å². The predicted octanol–water partition coefficient (Wildman–Crippen LogP) is 1.04. The monoisotopic (exact) mass is 268 g/mol. The molecule has 0 saturated carbocycles. The van der Waals surface area contributed by atoms with Crippen molar-refractivity contribution in [1.82, 2.24) is 9.80 Å². The number of piperidine rings is 1. The normalized spacial score (nSPS) is 26.1. The van der Waals surface area contributed by atoms with Crippen LogP contribution in [0.5, 0.6) is 0 Å². The quantitative estimate of drug-likeness (QED) is 0.809. The average Bonchev–Trinajstić information content (AvgIpc) is 2.74. The lowest BCUT2D eigenvalue weighted by molar-refractivity contribution is -0.141. The average molecular weight is 268 g/mol. The minimum atomic E-state index is -0.846. The highest BCUT2D eigenvalue weighted by Crippen LogP contribution is 2.19. The number of carboxylic acid groups (broad SMARTS) is 1.